The Bertz CT molecular complexity index is 343. The molecule has 78 valence electrons. The first kappa shape index (κ1) is 11.5. The molecule has 3 N–H and O–H groups in total. The summed E-state index contributed by atoms with van der Waals surface area (Å²) in [6.45, 7) is 1.77. The molecule has 13 heavy (non-hydrogen) atoms. The summed E-state index contributed by atoms with van der Waals surface area (Å²) in [5.41, 5.74) is 5.12. The van der Waals surface area contributed by atoms with Crippen molar-refractivity contribution >= 4 is 23.5 Å². The zero-order valence-electron chi connectivity index (χ0n) is 6.65. The summed E-state index contributed by atoms with van der Waals surface area (Å²) in [5, 5.41) is 2.19. The predicted octanol–water partition coefficient (Wildman–Crippen LogP) is 3.60. The summed E-state index contributed by atoms with van der Waals surface area (Å²) in [5.74, 6) is 0. The molecular weight excluding hydrogens is 244 g/mol. The minimum Gasteiger partial charge on any atom is -0.282 e. The second kappa shape index (κ2) is 3.87. The maximum Gasteiger partial charge on any atom is 0.421 e. The van der Waals surface area contributed by atoms with Crippen LogP contribution in [0.4, 0.5) is 12.6 Å². The minimum absolute atomic E-state index is 0.187. The average molecular weight is 253 g/mol. The van der Waals surface area contributed by atoms with Crippen molar-refractivity contribution < 1.29 is 12.6 Å². The largest absolute Gasteiger partial charge is 0.421 e. The van der Waals surface area contributed by atoms with Gasteiger partial charge in [0.05, 0.1) is 0 Å². The van der Waals surface area contributed by atoms with Crippen molar-refractivity contribution in [3.63, 3.8) is 0 Å². The Hall–Kier alpha value is 0.400. The highest BCUT2D eigenvalue weighted by molar-refractivity contribution is 7.75. The third-order valence-electron chi connectivity index (χ3n) is 1.04. The number of nitrogens with one attached hydrogen (secondary N) is 1. The van der Waals surface area contributed by atoms with Crippen LogP contribution in [0.3, 0.4) is 0 Å². The molecule has 0 aliphatic carbocycles. The molecule has 0 aromatic rings. The number of rotatable bonds is 2. The molecule has 0 bridgehead atoms. The molecule has 2 unspecified atom stereocenters. The van der Waals surface area contributed by atoms with Crippen LogP contribution in [-0.4, -0.2) is 6.54 Å². The number of nitrogens with zero attached hydrogens (tertiary/aromatic N) is 3. The van der Waals surface area contributed by atoms with Gasteiger partial charge in [0.2, 0.25) is 0 Å². The highest BCUT2D eigenvalue weighted by Crippen LogP contribution is 2.72. The fourth-order valence-corrected chi connectivity index (χ4v) is 6.44. The van der Waals surface area contributed by atoms with Crippen molar-refractivity contribution in [1.82, 2.24) is 5.09 Å². The van der Waals surface area contributed by atoms with E-state index in [1.54, 1.807) is 6.92 Å². The lowest BCUT2D eigenvalue weighted by molar-refractivity contribution is 0.722. The summed E-state index contributed by atoms with van der Waals surface area (Å²) < 4.78 is 47.7. The summed E-state index contributed by atoms with van der Waals surface area (Å²) in [6.07, 6.45) is 0. The zero-order valence-corrected chi connectivity index (χ0v) is 9.44. The molecule has 1 heterocycles. The topological polar surface area (TPSA) is 75.1 Å². The zero-order chi connectivity index (χ0) is 10.1. The SMILES string of the molecule is CCNP1(F)=NP(F)(F)=N[PH](N)=N1. The second-order valence-electron chi connectivity index (χ2n) is 2.14. The van der Waals surface area contributed by atoms with E-state index in [2.05, 4.69) is 18.6 Å². The number of nitrogens with two attached hydrogens (primary N) is 1. The lowest BCUT2D eigenvalue weighted by atomic mass is 10.8. The minimum atomic E-state index is -4.86. The Morgan fingerprint density at radius 1 is 1.46 bits per heavy atom. The van der Waals surface area contributed by atoms with E-state index in [9.17, 15) is 12.6 Å². The molecular formula is C2H9F3N5P3. The first-order chi connectivity index (χ1) is 5.87. The fourth-order valence-electron chi connectivity index (χ4n) is 0.730. The van der Waals surface area contributed by atoms with Crippen molar-refractivity contribution in [1.29, 1.82) is 0 Å². The maximum atomic E-state index is 13.4. The predicted molar refractivity (Wildman–Crippen MR) is 50.6 cm³/mol. The van der Waals surface area contributed by atoms with Gasteiger partial charge in [0, 0.05) is 6.54 Å². The second-order valence-corrected chi connectivity index (χ2v) is 7.45. The summed E-state index contributed by atoms with van der Waals surface area (Å²) in [7, 11) is -11.2. The van der Waals surface area contributed by atoms with Gasteiger partial charge in [-0.25, -0.2) is 5.09 Å². The van der Waals surface area contributed by atoms with E-state index in [0.717, 1.165) is 0 Å². The fraction of sp³-hybridized carbons (Fsp3) is 1.00. The molecule has 5 nitrogen and oxygen atoms in total. The van der Waals surface area contributed by atoms with Crippen LogP contribution < -0.4 is 10.6 Å². The summed E-state index contributed by atoms with van der Waals surface area (Å²) >= 11 is 0. The highest BCUT2D eigenvalue weighted by Gasteiger charge is 2.29. The first-order valence-corrected chi connectivity index (χ1v) is 7.86. The number of halogens is 3. The Labute approximate surface area is 74.5 Å². The van der Waals surface area contributed by atoms with Gasteiger partial charge in [0.15, 0.2) is 0 Å². The molecule has 0 amide bonds. The first-order valence-electron chi connectivity index (χ1n) is 3.33. The van der Waals surface area contributed by atoms with Crippen LogP contribution >= 0.6 is 23.5 Å². The molecule has 2 atom stereocenters. The van der Waals surface area contributed by atoms with Gasteiger partial charge in [-0.15, -0.1) is 12.9 Å². The Morgan fingerprint density at radius 3 is 2.54 bits per heavy atom. The Kier molecular flexibility index (Phi) is 3.42. The number of hydrogen-bond acceptors (Lipinski definition) is 5. The van der Waals surface area contributed by atoms with Crippen molar-refractivity contribution in [3.05, 3.63) is 0 Å². The van der Waals surface area contributed by atoms with Gasteiger partial charge in [-0.2, -0.15) is 13.2 Å². The van der Waals surface area contributed by atoms with E-state index in [1.807, 2.05) is 0 Å². The average Bonchev–Trinajstić information content (AvgIpc) is 1.78. The molecule has 11 heteroatoms. The monoisotopic (exact) mass is 253 g/mol. The lowest BCUT2D eigenvalue weighted by Gasteiger charge is -2.15. The van der Waals surface area contributed by atoms with E-state index in [4.69, 9.17) is 5.50 Å². The Balaban J connectivity index is 3.16. The van der Waals surface area contributed by atoms with E-state index in [0.29, 0.717) is 0 Å². The van der Waals surface area contributed by atoms with Crippen LogP contribution in [0.2, 0.25) is 0 Å². The normalized spacial score (nSPS) is 37.2. The quantitative estimate of drug-likeness (QED) is 0.737. The van der Waals surface area contributed by atoms with Crippen LogP contribution in [0, 0.1) is 0 Å². The van der Waals surface area contributed by atoms with Gasteiger partial charge in [0.1, 0.15) is 8.01 Å². The van der Waals surface area contributed by atoms with Gasteiger partial charge in [-0.05, 0) is 0 Å². The standard InChI is InChI=1S/C2H9F3N5P3/c1-2-7-13(5)9-11(6)8-12(3,4)10-13/h7,11H,2H2,1H3,(H2,6,9). The molecule has 1 aliphatic heterocycles. The Morgan fingerprint density at radius 2 is 2.08 bits per heavy atom. The van der Waals surface area contributed by atoms with Crippen molar-refractivity contribution in [3.8, 4) is 0 Å². The van der Waals surface area contributed by atoms with E-state index in [-0.39, 0.29) is 6.54 Å². The smallest absolute Gasteiger partial charge is 0.282 e. The van der Waals surface area contributed by atoms with Crippen LogP contribution in [0.1, 0.15) is 6.92 Å². The third-order valence-corrected chi connectivity index (χ3v) is 7.23. The van der Waals surface area contributed by atoms with Gasteiger partial charge >= 0.3 is 15.5 Å². The molecule has 0 aromatic carbocycles. The van der Waals surface area contributed by atoms with Gasteiger partial charge in [0.25, 0.3) is 0 Å². The van der Waals surface area contributed by atoms with Crippen molar-refractivity contribution in [2.75, 3.05) is 6.54 Å². The molecule has 0 aromatic heterocycles. The van der Waals surface area contributed by atoms with Gasteiger partial charge in [-0.3, -0.25) is 5.50 Å². The van der Waals surface area contributed by atoms with Crippen LogP contribution in [0.15, 0.2) is 13.5 Å². The van der Waals surface area contributed by atoms with Crippen molar-refractivity contribution in [2.24, 2.45) is 19.1 Å². The molecule has 0 radical (unpaired) electrons. The lowest BCUT2D eigenvalue weighted by Crippen LogP contribution is -2.04. The molecule has 0 saturated carbocycles. The molecule has 1 aliphatic rings. The summed E-state index contributed by atoms with van der Waals surface area (Å²) in [6, 6.07) is 0. The van der Waals surface area contributed by atoms with Crippen LogP contribution in [0.25, 0.3) is 0 Å². The van der Waals surface area contributed by atoms with Gasteiger partial charge in [-0.1, -0.05) is 6.92 Å². The van der Waals surface area contributed by atoms with Gasteiger partial charge < -0.3 is 0 Å². The molecule has 0 saturated heterocycles. The van der Waals surface area contributed by atoms with Crippen LogP contribution in [-0.2, 0) is 0 Å². The number of hydrogen-bond donors (Lipinski definition) is 2. The maximum absolute atomic E-state index is 13.4. The molecule has 1 rings (SSSR count). The summed E-state index contributed by atoms with van der Waals surface area (Å²) in [4.78, 5) is 0. The van der Waals surface area contributed by atoms with Crippen molar-refractivity contribution in [2.45, 2.75) is 6.92 Å². The van der Waals surface area contributed by atoms with E-state index >= 15 is 0 Å². The molecule has 0 spiro atoms. The van der Waals surface area contributed by atoms with E-state index in [1.165, 1.54) is 0 Å². The van der Waals surface area contributed by atoms with E-state index < -0.39 is 23.5 Å². The third kappa shape index (κ3) is 3.22. The molecule has 0 fully saturated rings. The van der Waals surface area contributed by atoms with Crippen LogP contribution in [0.5, 0.6) is 0 Å². The highest BCUT2D eigenvalue weighted by atomic mass is 31.3.